The number of benzene rings is 2. The Morgan fingerprint density at radius 1 is 1.11 bits per heavy atom. The number of aldehydes is 1. The van der Waals surface area contributed by atoms with Crippen molar-refractivity contribution < 1.29 is 9.18 Å². The van der Waals surface area contributed by atoms with Crippen LogP contribution in [-0.4, -0.2) is 63.8 Å². The molecular weight excluding hydrogens is 453 g/mol. The van der Waals surface area contributed by atoms with E-state index in [-0.39, 0.29) is 11.9 Å². The first-order valence-corrected chi connectivity index (χ1v) is 12.9. The van der Waals surface area contributed by atoms with Crippen LogP contribution in [0, 0.1) is 11.7 Å². The van der Waals surface area contributed by atoms with Crippen LogP contribution in [0.4, 0.5) is 4.39 Å². The second-order valence-corrected chi connectivity index (χ2v) is 9.50. The number of hydrogen-bond acceptors (Lipinski definition) is 5. The minimum absolute atomic E-state index is 0.0967. The van der Waals surface area contributed by atoms with Gasteiger partial charge in [0.2, 0.25) is 0 Å². The predicted octanol–water partition coefficient (Wildman–Crippen LogP) is 4.02. The van der Waals surface area contributed by atoms with Crippen LogP contribution in [0.2, 0.25) is 0 Å². The Morgan fingerprint density at radius 3 is 2.64 bits per heavy atom. The number of allylic oxidation sites excluding steroid dienone is 1. The average molecular weight is 494 g/mol. The second kappa shape index (κ2) is 15.3. The van der Waals surface area contributed by atoms with Gasteiger partial charge in [0.15, 0.2) is 0 Å². The SMILES string of the molecule is CNC1CCNCCC(CN(C)C=N/C(=C\C=O)c2ccccc2)CCNC(c2cccc(F)c2)C1. The van der Waals surface area contributed by atoms with E-state index >= 15 is 0 Å². The average Bonchev–Trinajstić information content (AvgIpc) is 2.88. The smallest absolute Gasteiger partial charge is 0.145 e. The van der Waals surface area contributed by atoms with Crippen LogP contribution in [0.25, 0.3) is 5.70 Å². The number of carbonyl (C=O) groups is 1. The highest BCUT2D eigenvalue weighted by Gasteiger charge is 2.19. The van der Waals surface area contributed by atoms with E-state index in [1.54, 1.807) is 12.1 Å². The molecule has 3 atom stereocenters. The van der Waals surface area contributed by atoms with Crippen molar-refractivity contribution in [3.8, 4) is 0 Å². The first-order chi connectivity index (χ1) is 17.6. The Morgan fingerprint density at radius 2 is 1.89 bits per heavy atom. The molecule has 1 aliphatic rings. The molecule has 0 saturated carbocycles. The van der Waals surface area contributed by atoms with E-state index in [2.05, 4.69) is 25.8 Å². The van der Waals surface area contributed by atoms with E-state index in [9.17, 15) is 9.18 Å². The molecule has 1 aliphatic heterocycles. The van der Waals surface area contributed by atoms with Gasteiger partial charge in [0.25, 0.3) is 0 Å². The molecular formula is C29H40FN5O. The fourth-order valence-corrected chi connectivity index (χ4v) is 4.72. The molecule has 3 N–H and O–H groups in total. The fourth-order valence-electron chi connectivity index (χ4n) is 4.72. The van der Waals surface area contributed by atoms with Gasteiger partial charge in [0.1, 0.15) is 12.1 Å². The Hall–Kier alpha value is -2.87. The van der Waals surface area contributed by atoms with Gasteiger partial charge in [-0.15, -0.1) is 0 Å². The number of hydrogen-bond donors (Lipinski definition) is 3. The van der Waals surface area contributed by atoms with Crippen LogP contribution < -0.4 is 16.0 Å². The van der Waals surface area contributed by atoms with Gasteiger partial charge < -0.3 is 20.9 Å². The van der Waals surface area contributed by atoms with Gasteiger partial charge in [-0.2, -0.15) is 0 Å². The van der Waals surface area contributed by atoms with Crippen LogP contribution in [0.3, 0.4) is 0 Å². The normalized spacial score (nSPS) is 22.5. The number of nitrogens with one attached hydrogen (secondary N) is 3. The third-order valence-corrected chi connectivity index (χ3v) is 6.76. The predicted molar refractivity (Wildman–Crippen MR) is 146 cm³/mol. The van der Waals surface area contributed by atoms with Gasteiger partial charge in [-0.25, -0.2) is 9.38 Å². The molecule has 7 heteroatoms. The highest BCUT2D eigenvalue weighted by Crippen LogP contribution is 2.22. The van der Waals surface area contributed by atoms with E-state index < -0.39 is 0 Å². The summed E-state index contributed by atoms with van der Waals surface area (Å²) >= 11 is 0. The van der Waals surface area contributed by atoms with Crippen molar-refractivity contribution in [1.82, 2.24) is 20.9 Å². The minimum Gasteiger partial charge on any atom is -0.365 e. The van der Waals surface area contributed by atoms with Crippen molar-refractivity contribution in [3.63, 3.8) is 0 Å². The third kappa shape index (κ3) is 9.30. The zero-order valence-electron chi connectivity index (χ0n) is 21.5. The monoisotopic (exact) mass is 493 g/mol. The van der Waals surface area contributed by atoms with E-state index in [0.717, 1.165) is 69.3 Å². The van der Waals surface area contributed by atoms with Crippen molar-refractivity contribution >= 4 is 18.3 Å². The summed E-state index contributed by atoms with van der Waals surface area (Å²) < 4.78 is 13.9. The molecule has 36 heavy (non-hydrogen) atoms. The molecule has 194 valence electrons. The lowest BCUT2D eigenvalue weighted by molar-refractivity contribution is -0.104. The maximum Gasteiger partial charge on any atom is 0.145 e. The van der Waals surface area contributed by atoms with Crippen molar-refractivity contribution in [2.75, 3.05) is 40.3 Å². The summed E-state index contributed by atoms with van der Waals surface area (Å²) in [5.41, 5.74) is 2.56. The van der Waals surface area contributed by atoms with E-state index in [4.69, 9.17) is 0 Å². The molecule has 6 nitrogen and oxygen atoms in total. The molecule has 0 amide bonds. The van der Waals surface area contributed by atoms with E-state index in [1.165, 1.54) is 12.1 Å². The number of nitrogens with zero attached hydrogens (tertiary/aromatic N) is 2. The van der Waals surface area contributed by atoms with Crippen molar-refractivity contribution in [2.45, 2.75) is 37.8 Å². The van der Waals surface area contributed by atoms with Crippen molar-refractivity contribution in [1.29, 1.82) is 0 Å². The lowest BCUT2D eigenvalue weighted by Gasteiger charge is -2.28. The first-order valence-electron chi connectivity index (χ1n) is 12.9. The largest absolute Gasteiger partial charge is 0.365 e. The first kappa shape index (κ1) is 27.7. The maximum atomic E-state index is 13.9. The lowest BCUT2D eigenvalue weighted by atomic mass is 9.95. The molecule has 0 aliphatic carbocycles. The summed E-state index contributed by atoms with van der Waals surface area (Å²) in [6, 6.07) is 17.1. The molecule has 1 saturated heterocycles. The molecule has 3 rings (SSSR count). The van der Waals surface area contributed by atoms with Crippen molar-refractivity contribution in [3.05, 3.63) is 77.6 Å². The van der Waals surface area contributed by atoms with Gasteiger partial charge in [-0.3, -0.25) is 4.79 Å². The highest BCUT2D eigenvalue weighted by molar-refractivity contribution is 5.83. The summed E-state index contributed by atoms with van der Waals surface area (Å²) in [4.78, 5) is 17.8. The molecule has 0 radical (unpaired) electrons. The third-order valence-electron chi connectivity index (χ3n) is 6.76. The number of rotatable bonds is 8. The van der Waals surface area contributed by atoms with E-state index in [1.807, 2.05) is 56.8 Å². The molecule has 1 heterocycles. The van der Waals surface area contributed by atoms with Crippen LogP contribution in [0.1, 0.15) is 42.9 Å². The Labute approximate surface area is 215 Å². The zero-order valence-corrected chi connectivity index (χ0v) is 21.5. The van der Waals surface area contributed by atoms with E-state index in [0.29, 0.717) is 17.7 Å². The molecule has 3 unspecified atom stereocenters. The molecule has 0 aromatic heterocycles. The van der Waals surface area contributed by atoms with Gasteiger partial charge in [-0.05, 0) is 76.0 Å². The van der Waals surface area contributed by atoms with Crippen LogP contribution in [0.15, 0.2) is 65.7 Å². The standard InChI is InChI=1S/C29H40FN5O/c1-31-27-13-16-32-15-11-23(12-17-33-29(20-27)25-9-6-10-26(30)19-25)21-35(2)22-34-28(14-18-36)24-7-4-3-5-8-24/h3-10,14,18-19,22-23,27,29,31-33H,11-13,15-17,20-21H2,1-2H3/b28-14-,34-22?. The molecule has 2 aromatic carbocycles. The fraction of sp³-hybridized carbons (Fsp3) is 0.448. The van der Waals surface area contributed by atoms with Gasteiger partial charge in [-0.1, -0.05) is 42.5 Å². The topological polar surface area (TPSA) is 68.8 Å². The Balaban J connectivity index is 1.64. The zero-order chi connectivity index (χ0) is 25.6. The number of halogens is 1. The minimum atomic E-state index is -0.194. The highest BCUT2D eigenvalue weighted by atomic mass is 19.1. The molecule has 2 aromatic rings. The van der Waals surface area contributed by atoms with Crippen LogP contribution in [-0.2, 0) is 4.79 Å². The molecule has 0 spiro atoms. The quantitative estimate of drug-likeness (QED) is 0.224. The van der Waals surface area contributed by atoms with Gasteiger partial charge in [0.05, 0.1) is 12.0 Å². The summed E-state index contributed by atoms with van der Waals surface area (Å²) in [5.74, 6) is 0.268. The Kier molecular flexibility index (Phi) is 11.8. The summed E-state index contributed by atoms with van der Waals surface area (Å²) in [6.07, 6.45) is 8.07. The second-order valence-electron chi connectivity index (χ2n) is 9.50. The maximum absolute atomic E-state index is 13.9. The summed E-state index contributed by atoms with van der Waals surface area (Å²) in [7, 11) is 4.02. The van der Waals surface area contributed by atoms with Gasteiger partial charge >= 0.3 is 0 Å². The Bertz CT molecular complexity index is 981. The van der Waals surface area contributed by atoms with Crippen LogP contribution in [0.5, 0.6) is 0 Å². The molecule has 1 fully saturated rings. The number of aliphatic imine (C=N–C) groups is 1. The van der Waals surface area contributed by atoms with Crippen LogP contribution >= 0.6 is 0 Å². The lowest BCUT2D eigenvalue weighted by Crippen LogP contribution is -2.37. The van der Waals surface area contributed by atoms with Crippen molar-refractivity contribution in [2.24, 2.45) is 10.9 Å². The summed E-state index contributed by atoms with van der Waals surface area (Å²) in [6.45, 7) is 3.63. The summed E-state index contributed by atoms with van der Waals surface area (Å²) in [5, 5.41) is 10.7. The molecule has 0 bridgehead atoms. The van der Waals surface area contributed by atoms with Gasteiger partial charge in [0, 0.05) is 37.3 Å². The number of carbonyl (C=O) groups excluding carboxylic acids is 1.